The smallest absolute Gasteiger partial charge is 0.339 e. The first-order valence-electron chi connectivity index (χ1n) is 7.77. The minimum Gasteiger partial charge on any atom is -0.449 e. The molecule has 1 heterocycles. The summed E-state index contributed by atoms with van der Waals surface area (Å²) in [5.41, 5.74) is 1.26. The van der Waals surface area contributed by atoms with Crippen molar-refractivity contribution in [3.63, 3.8) is 0 Å². The molecule has 0 aliphatic heterocycles. The minimum absolute atomic E-state index is 0.170. The van der Waals surface area contributed by atoms with Crippen molar-refractivity contribution >= 4 is 51.7 Å². The van der Waals surface area contributed by atoms with Gasteiger partial charge in [-0.3, -0.25) is 4.79 Å². The van der Waals surface area contributed by atoms with Gasteiger partial charge < -0.3 is 10.1 Å². The maximum atomic E-state index is 12.5. The maximum Gasteiger partial charge on any atom is 0.339 e. The van der Waals surface area contributed by atoms with Crippen LogP contribution in [0.3, 0.4) is 0 Å². The molecular weight excluding hydrogens is 375 g/mol. The second kappa shape index (κ2) is 7.72. The quantitative estimate of drug-likeness (QED) is 0.518. The van der Waals surface area contributed by atoms with Crippen LogP contribution in [0.4, 0.5) is 5.69 Å². The molecule has 0 saturated carbocycles. The molecule has 0 aliphatic rings. The molecule has 0 aliphatic carbocycles. The van der Waals surface area contributed by atoms with E-state index in [1.54, 1.807) is 48.5 Å². The van der Waals surface area contributed by atoms with E-state index in [0.29, 0.717) is 21.6 Å². The summed E-state index contributed by atoms with van der Waals surface area (Å²) in [6.07, 6.45) is -1.02. The van der Waals surface area contributed by atoms with Gasteiger partial charge in [-0.15, -0.1) is 0 Å². The lowest BCUT2D eigenvalue weighted by Gasteiger charge is -2.15. The number of benzene rings is 2. The maximum absolute atomic E-state index is 12.5. The fourth-order valence-electron chi connectivity index (χ4n) is 2.39. The van der Waals surface area contributed by atoms with Crippen molar-refractivity contribution in [1.82, 2.24) is 4.98 Å². The van der Waals surface area contributed by atoms with Crippen molar-refractivity contribution in [3.8, 4) is 0 Å². The standard InChI is InChI=1S/C19H14Cl2N2O3/c1-11(18(24)23-16-9-5-3-7-14(16)20)26-19(25)13-10-17(21)22-15-8-4-2-6-12(13)15/h2-11H,1H3,(H,23,24)/t11-/m1/s1. The number of ether oxygens (including phenoxy) is 1. The zero-order valence-electron chi connectivity index (χ0n) is 13.7. The normalized spacial score (nSPS) is 11.8. The summed E-state index contributed by atoms with van der Waals surface area (Å²) >= 11 is 12.0. The van der Waals surface area contributed by atoms with Crippen LogP contribution in [-0.4, -0.2) is 23.0 Å². The second-order valence-electron chi connectivity index (χ2n) is 5.53. The summed E-state index contributed by atoms with van der Waals surface area (Å²) in [6.45, 7) is 1.48. The highest BCUT2D eigenvalue weighted by Crippen LogP contribution is 2.23. The van der Waals surface area contributed by atoms with Crippen molar-refractivity contribution in [3.05, 3.63) is 70.3 Å². The third-order valence-corrected chi connectivity index (χ3v) is 4.21. The largest absolute Gasteiger partial charge is 0.449 e. The first-order valence-corrected chi connectivity index (χ1v) is 8.53. The molecule has 0 spiro atoms. The molecule has 1 aromatic heterocycles. The Hall–Kier alpha value is -2.63. The Morgan fingerprint density at radius 3 is 2.54 bits per heavy atom. The van der Waals surface area contributed by atoms with Crippen molar-refractivity contribution in [2.75, 3.05) is 5.32 Å². The predicted octanol–water partition coefficient (Wildman–Crippen LogP) is 4.73. The monoisotopic (exact) mass is 388 g/mol. The number of amides is 1. The van der Waals surface area contributed by atoms with E-state index in [0.717, 1.165) is 0 Å². The minimum atomic E-state index is -1.02. The molecule has 2 aromatic carbocycles. The number of carbonyl (C=O) groups excluding carboxylic acids is 2. The summed E-state index contributed by atoms with van der Waals surface area (Å²) in [5, 5.41) is 3.79. The number of carbonyl (C=O) groups is 2. The van der Waals surface area contributed by atoms with Gasteiger partial charge in [-0.25, -0.2) is 9.78 Å². The number of rotatable bonds is 4. The van der Waals surface area contributed by atoms with Crippen LogP contribution in [0.25, 0.3) is 10.9 Å². The van der Waals surface area contributed by atoms with Crippen LogP contribution in [0.15, 0.2) is 54.6 Å². The number of anilines is 1. The molecule has 3 rings (SSSR count). The van der Waals surface area contributed by atoms with Crippen LogP contribution < -0.4 is 5.32 Å². The van der Waals surface area contributed by atoms with Gasteiger partial charge in [0.25, 0.3) is 5.91 Å². The van der Waals surface area contributed by atoms with Crippen molar-refractivity contribution in [2.45, 2.75) is 13.0 Å². The molecule has 26 heavy (non-hydrogen) atoms. The summed E-state index contributed by atoms with van der Waals surface area (Å²) in [4.78, 5) is 29.0. The molecule has 3 aromatic rings. The average Bonchev–Trinajstić information content (AvgIpc) is 2.62. The summed E-state index contributed by atoms with van der Waals surface area (Å²) in [5.74, 6) is -1.15. The molecule has 0 radical (unpaired) electrons. The highest BCUT2D eigenvalue weighted by atomic mass is 35.5. The second-order valence-corrected chi connectivity index (χ2v) is 6.32. The number of hydrogen-bond donors (Lipinski definition) is 1. The van der Waals surface area contributed by atoms with Crippen LogP contribution in [-0.2, 0) is 9.53 Å². The Morgan fingerprint density at radius 1 is 1.08 bits per heavy atom. The Balaban J connectivity index is 1.77. The molecule has 7 heteroatoms. The number of esters is 1. The van der Waals surface area contributed by atoms with Crippen LogP contribution in [0.1, 0.15) is 17.3 Å². The van der Waals surface area contributed by atoms with Crippen molar-refractivity contribution < 1.29 is 14.3 Å². The number of halogens is 2. The number of pyridine rings is 1. The Bertz CT molecular complexity index is 991. The Kier molecular flexibility index (Phi) is 5.40. The fraction of sp³-hybridized carbons (Fsp3) is 0.105. The zero-order valence-corrected chi connectivity index (χ0v) is 15.2. The number of hydrogen-bond acceptors (Lipinski definition) is 4. The average molecular weight is 389 g/mol. The van der Waals surface area contributed by atoms with Gasteiger partial charge >= 0.3 is 5.97 Å². The summed E-state index contributed by atoms with van der Waals surface area (Å²) in [7, 11) is 0. The van der Waals surface area contributed by atoms with Gasteiger partial charge in [0.1, 0.15) is 5.15 Å². The number of fused-ring (bicyclic) bond motifs is 1. The number of para-hydroxylation sites is 2. The van der Waals surface area contributed by atoms with Gasteiger partial charge in [-0.1, -0.05) is 53.5 Å². The predicted molar refractivity (Wildman–Crippen MR) is 102 cm³/mol. The Labute approximate surface area is 159 Å². The molecule has 5 nitrogen and oxygen atoms in total. The molecule has 0 fully saturated rings. The lowest BCUT2D eigenvalue weighted by molar-refractivity contribution is -0.123. The number of nitrogens with one attached hydrogen (secondary N) is 1. The SMILES string of the molecule is C[C@@H](OC(=O)c1cc(Cl)nc2ccccc12)C(=O)Nc1ccccc1Cl. The van der Waals surface area contributed by atoms with E-state index in [9.17, 15) is 9.59 Å². The lowest BCUT2D eigenvalue weighted by atomic mass is 10.1. The molecular formula is C19H14Cl2N2O3. The summed E-state index contributed by atoms with van der Waals surface area (Å²) < 4.78 is 5.29. The highest BCUT2D eigenvalue weighted by Gasteiger charge is 2.21. The highest BCUT2D eigenvalue weighted by molar-refractivity contribution is 6.33. The molecule has 1 amide bonds. The van der Waals surface area contributed by atoms with Crippen LogP contribution in [0.5, 0.6) is 0 Å². The molecule has 0 saturated heterocycles. The van der Waals surface area contributed by atoms with Crippen LogP contribution in [0, 0.1) is 0 Å². The lowest BCUT2D eigenvalue weighted by Crippen LogP contribution is -2.30. The van der Waals surface area contributed by atoms with E-state index in [4.69, 9.17) is 27.9 Å². The van der Waals surface area contributed by atoms with E-state index in [2.05, 4.69) is 10.3 Å². The van der Waals surface area contributed by atoms with E-state index in [1.165, 1.54) is 13.0 Å². The first kappa shape index (κ1) is 18.2. The Morgan fingerprint density at radius 2 is 1.77 bits per heavy atom. The summed E-state index contributed by atoms with van der Waals surface area (Å²) in [6, 6.07) is 15.3. The molecule has 0 unspecified atom stereocenters. The van der Waals surface area contributed by atoms with Gasteiger partial charge in [-0.05, 0) is 31.2 Å². The van der Waals surface area contributed by atoms with Gasteiger partial charge in [0, 0.05) is 5.39 Å². The van der Waals surface area contributed by atoms with E-state index in [1.807, 2.05) is 0 Å². The molecule has 1 N–H and O–H groups in total. The van der Waals surface area contributed by atoms with Crippen LogP contribution in [0.2, 0.25) is 10.2 Å². The molecule has 132 valence electrons. The molecule has 0 bridgehead atoms. The molecule has 1 atom stereocenters. The van der Waals surface area contributed by atoms with Gasteiger partial charge in [0.2, 0.25) is 0 Å². The van der Waals surface area contributed by atoms with E-state index < -0.39 is 18.0 Å². The van der Waals surface area contributed by atoms with Crippen molar-refractivity contribution in [2.24, 2.45) is 0 Å². The van der Waals surface area contributed by atoms with Gasteiger partial charge in [0.05, 0.1) is 21.8 Å². The topological polar surface area (TPSA) is 68.3 Å². The third-order valence-electron chi connectivity index (χ3n) is 3.69. The van der Waals surface area contributed by atoms with Crippen molar-refractivity contribution in [1.29, 1.82) is 0 Å². The fourth-order valence-corrected chi connectivity index (χ4v) is 2.77. The third kappa shape index (κ3) is 3.95. The first-order chi connectivity index (χ1) is 12.5. The van der Waals surface area contributed by atoms with Gasteiger partial charge in [0.15, 0.2) is 6.10 Å². The zero-order chi connectivity index (χ0) is 18.7. The van der Waals surface area contributed by atoms with Crippen LogP contribution >= 0.6 is 23.2 Å². The van der Waals surface area contributed by atoms with E-state index >= 15 is 0 Å². The van der Waals surface area contributed by atoms with E-state index in [-0.39, 0.29) is 10.7 Å². The number of aromatic nitrogens is 1. The van der Waals surface area contributed by atoms with Gasteiger partial charge in [-0.2, -0.15) is 0 Å². The number of nitrogens with zero attached hydrogens (tertiary/aromatic N) is 1.